The lowest BCUT2D eigenvalue weighted by molar-refractivity contribution is -0.176. The fourth-order valence-electron chi connectivity index (χ4n) is 6.07. The molecule has 0 saturated heterocycles. The number of para-hydroxylation sites is 2. The number of hydrogen-bond donors (Lipinski definition) is 1. The Balaban J connectivity index is 1.24. The maximum atomic E-state index is 13.9. The second-order valence-electron chi connectivity index (χ2n) is 11.2. The number of rotatable bonds is 10. The van der Waals surface area contributed by atoms with Crippen LogP contribution in [0.4, 0.5) is 4.39 Å². The minimum atomic E-state index is -0.492. The van der Waals surface area contributed by atoms with Gasteiger partial charge < -0.3 is 14.6 Å². The maximum Gasteiger partial charge on any atom is 0.308 e. The summed E-state index contributed by atoms with van der Waals surface area (Å²) in [6, 6.07) is 15.0. The SMILES string of the molecule is CC(C)C(=O)O[C@@]1(CCN(C)CCCc2nc3ccccc3[nH]2)C[C@H]2CC[C@@H]1C=C2c1cccc(F)c1. The molecule has 3 aromatic rings. The number of ether oxygens (including phenoxy) is 1. The van der Waals surface area contributed by atoms with Crippen molar-refractivity contribution in [3.05, 3.63) is 71.8 Å². The standard InChI is InChI=1S/C31H38FN3O2/c1-21(2)30(36)37-31(20-23-13-14-24(31)19-26(23)22-8-6-9-25(32)18-22)15-17-35(3)16-7-12-29-33-27-10-4-5-11-28(27)34-29/h4-6,8-11,18-19,21,23-24H,7,12-17,20H2,1-3H3,(H,33,34)/t23-,24-,31+/m1/s1. The normalized spacial score (nSPS) is 23.1. The van der Waals surface area contributed by atoms with Gasteiger partial charge in [0.05, 0.1) is 17.0 Å². The Kier molecular flexibility index (Phi) is 7.47. The van der Waals surface area contributed by atoms with Crippen LogP contribution in [0.5, 0.6) is 0 Å². The predicted octanol–water partition coefficient (Wildman–Crippen LogP) is 6.41. The number of allylic oxidation sites excluding steroid dienone is 1. The summed E-state index contributed by atoms with van der Waals surface area (Å²) in [6.45, 7) is 5.60. The highest BCUT2D eigenvalue weighted by atomic mass is 19.1. The van der Waals surface area contributed by atoms with E-state index in [9.17, 15) is 9.18 Å². The summed E-state index contributed by atoms with van der Waals surface area (Å²) in [4.78, 5) is 23.3. The average Bonchev–Trinajstić information content (AvgIpc) is 3.30. The van der Waals surface area contributed by atoms with Gasteiger partial charge in [-0.15, -0.1) is 0 Å². The minimum Gasteiger partial charge on any atom is -0.458 e. The largest absolute Gasteiger partial charge is 0.458 e. The molecule has 0 radical (unpaired) electrons. The summed E-state index contributed by atoms with van der Waals surface area (Å²) < 4.78 is 20.3. The van der Waals surface area contributed by atoms with E-state index in [1.54, 1.807) is 12.1 Å². The van der Waals surface area contributed by atoms with Crippen molar-refractivity contribution >= 4 is 22.6 Å². The number of carbonyl (C=O) groups is 1. The van der Waals surface area contributed by atoms with Gasteiger partial charge in [-0.25, -0.2) is 9.37 Å². The van der Waals surface area contributed by atoms with Gasteiger partial charge in [0, 0.05) is 25.3 Å². The second-order valence-corrected chi connectivity index (χ2v) is 11.2. The highest BCUT2D eigenvalue weighted by Crippen LogP contribution is 2.53. The molecule has 6 heteroatoms. The molecule has 1 fully saturated rings. The van der Waals surface area contributed by atoms with Crippen LogP contribution in [0.2, 0.25) is 0 Å². The van der Waals surface area contributed by atoms with Gasteiger partial charge in [-0.1, -0.05) is 44.2 Å². The van der Waals surface area contributed by atoms with Gasteiger partial charge in [0.25, 0.3) is 0 Å². The first-order valence-electron chi connectivity index (χ1n) is 13.7. The van der Waals surface area contributed by atoms with Crippen LogP contribution >= 0.6 is 0 Å². The number of nitrogens with zero attached hydrogens (tertiary/aromatic N) is 2. The number of nitrogens with one attached hydrogen (secondary N) is 1. The first-order chi connectivity index (χ1) is 17.8. The number of hydrogen-bond acceptors (Lipinski definition) is 4. The molecule has 1 N–H and O–H groups in total. The molecular weight excluding hydrogens is 465 g/mol. The Morgan fingerprint density at radius 3 is 2.76 bits per heavy atom. The molecule has 0 aliphatic heterocycles. The molecule has 6 rings (SSSR count). The summed E-state index contributed by atoms with van der Waals surface area (Å²) in [5, 5.41) is 0. The third kappa shape index (κ3) is 5.64. The molecule has 1 heterocycles. The van der Waals surface area contributed by atoms with Crippen molar-refractivity contribution in [1.82, 2.24) is 14.9 Å². The molecule has 0 spiro atoms. The third-order valence-corrected chi connectivity index (χ3v) is 8.16. The number of H-pyrrole nitrogens is 1. The number of benzene rings is 2. The van der Waals surface area contributed by atoms with Crippen LogP contribution < -0.4 is 0 Å². The first-order valence-corrected chi connectivity index (χ1v) is 13.7. The van der Waals surface area contributed by atoms with Crippen molar-refractivity contribution in [3.63, 3.8) is 0 Å². The van der Waals surface area contributed by atoms with E-state index in [2.05, 4.69) is 29.1 Å². The molecule has 1 aromatic heterocycles. The Labute approximate surface area is 219 Å². The highest BCUT2D eigenvalue weighted by molar-refractivity contribution is 5.75. The molecule has 196 valence electrons. The quantitative estimate of drug-likeness (QED) is 0.325. The number of aryl methyl sites for hydroxylation is 1. The van der Waals surface area contributed by atoms with Crippen LogP contribution in [-0.2, 0) is 16.0 Å². The van der Waals surface area contributed by atoms with E-state index >= 15 is 0 Å². The molecule has 3 aliphatic carbocycles. The summed E-state index contributed by atoms with van der Waals surface area (Å²) in [6.07, 6.45) is 7.86. The van der Waals surface area contributed by atoms with Crippen LogP contribution in [0.25, 0.3) is 16.6 Å². The van der Waals surface area contributed by atoms with Gasteiger partial charge >= 0.3 is 5.97 Å². The van der Waals surface area contributed by atoms with Crippen molar-refractivity contribution in [2.24, 2.45) is 17.8 Å². The number of aromatic amines is 1. The molecule has 2 aromatic carbocycles. The number of carbonyl (C=O) groups excluding carboxylic acids is 1. The minimum absolute atomic E-state index is 0.124. The molecular formula is C31H38FN3O2. The zero-order chi connectivity index (χ0) is 26.0. The zero-order valence-corrected chi connectivity index (χ0v) is 22.2. The van der Waals surface area contributed by atoms with Crippen LogP contribution in [-0.4, -0.2) is 46.6 Å². The van der Waals surface area contributed by atoms with E-state index in [0.717, 1.165) is 74.0 Å². The monoisotopic (exact) mass is 503 g/mol. The number of aromatic nitrogens is 2. The smallest absolute Gasteiger partial charge is 0.308 e. The van der Waals surface area contributed by atoms with E-state index in [1.165, 1.54) is 11.6 Å². The lowest BCUT2D eigenvalue weighted by atomic mass is 9.60. The summed E-state index contributed by atoms with van der Waals surface area (Å²) in [5.74, 6) is 0.969. The van der Waals surface area contributed by atoms with E-state index in [-0.39, 0.29) is 29.5 Å². The molecule has 5 nitrogen and oxygen atoms in total. The topological polar surface area (TPSA) is 58.2 Å². The lowest BCUT2D eigenvalue weighted by Crippen LogP contribution is -2.51. The molecule has 3 aliphatic rings. The fourth-order valence-corrected chi connectivity index (χ4v) is 6.07. The van der Waals surface area contributed by atoms with Crippen molar-refractivity contribution in [3.8, 4) is 0 Å². The van der Waals surface area contributed by atoms with E-state index < -0.39 is 5.60 Å². The molecule has 1 saturated carbocycles. The number of halogens is 1. The molecule has 37 heavy (non-hydrogen) atoms. The third-order valence-electron chi connectivity index (χ3n) is 8.16. The van der Waals surface area contributed by atoms with Crippen molar-refractivity contribution in [2.75, 3.05) is 20.1 Å². The maximum absolute atomic E-state index is 13.9. The Morgan fingerprint density at radius 2 is 2.03 bits per heavy atom. The van der Waals surface area contributed by atoms with Gasteiger partial charge in [-0.2, -0.15) is 0 Å². The van der Waals surface area contributed by atoms with Gasteiger partial charge in [0.2, 0.25) is 0 Å². The summed E-state index contributed by atoms with van der Waals surface area (Å²) in [7, 11) is 2.14. The van der Waals surface area contributed by atoms with Crippen molar-refractivity contribution < 1.29 is 13.9 Å². The molecule has 0 unspecified atom stereocenters. The predicted molar refractivity (Wildman–Crippen MR) is 145 cm³/mol. The zero-order valence-electron chi connectivity index (χ0n) is 22.2. The average molecular weight is 504 g/mol. The number of fused-ring (bicyclic) bond motifs is 3. The second kappa shape index (κ2) is 10.8. The van der Waals surface area contributed by atoms with E-state index in [0.29, 0.717) is 0 Å². The van der Waals surface area contributed by atoms with Crippen molar-refractivity contribution in [1.29, 1.82) is 0 Å². The van der Waals surface area contributed by atoms with Crippen LogP contribution in [0.3, 0.4) is 0 Å². The van der Waals surface area contributed by atoms with Gasteiger partial charge in [-0.3, -0.25) is 4.79 Å². The van der Waals surface area contributed by atoms with Crippen LogP contribution in [0, 0.1) is 23.6 Å². The highest BCUT2D eigenvalue weighted by Gasteiger charge is 2.50. The summed E-state index contributed by atoms with van der Waals surface area (Å²) >= 11 is 0. The Morgan fingerprint density at radius 1 is 1.19 bits per heavy atom. The first kappa shape index (κ1) is 25.7. The van der Waals surface area contributed by atoms with Gasteiger partial charge in [-0.05, 0) is 80.6 Å². The number of esters is 1. The molecule has 3 atom stereocenters. The van der Waals surface area contributed by atoms with Gasteiger partial charge in [0.15, 0.2) is 0 Å². The number of imidazole rings is 1. The van der Waals surface area contributed by atoms with Crippen molar-refractivity contribution in [2.45, 2.75) is 58.0 Å². The van der Waals surface area contributed by atoms with Crippen LogP contribution in [0.15, 0.2) is 54.6 Å². The van der Waals surface area contributed by atoms with E-state index in [1.807, 2.05) is 38.1 Å². The Hall–Kier alpha value is -2.99. The summed E-state index contributed by atoms with van der Waals surface area (Å²) in [5.41, 5.74) is 3.77. The van der Waals surface area contributed by atoms with Gasteiger partial charge in [0.1, 0.15) is 17.2 Å². The Bertz CT molecular complexity index is 1250. The van der Waals surface area contributed by atoms with E-state index in [4.69, 9.17) is 9.72 Å². The van der Waals surface area contributed by atoms with Crippen LogP contribution in [0.1, 0.15) is 57.3 Å². The lowest BCUT2D eigenvalue weighted by Gasteiger charge is -2.50. The fraction of sp³-hybridized carbons (Fsp3) is 0.484. The molecule has 2 bridgehead atoms. The molecule has 0 amide bonds.